The van der Waals surface area contributed by atoms with Gasteiger partial charge < -0.3 is 10.2 Å². The Kier molecular flexibility index (Phi) is 6.06. The van der Waals surface area contributed by atoms with Crippen LogP contribution >= 0.6 is 0 Å². The smallest absolute Gasteiger partial charge is 0.0412 e. The van der Waals surface area contributed by atoms with E-state index in [0.29, 0.717) is 6.04 Å². The van der Waals surface area contributed by atoms with Crippen molar-refractivity contribution in [2.45, 2.75) is 39.2 Å². The highest BCUT2D eigenvalue weighted by molar-refractivity contribution is 5.54. The molecule has 0 fully saturated rings. The molecule has 0 saturated carbocycles. The first-order chi connectivity index (χ1) is 8.24. The summed E-state index contributed by atoms with van der Waals surface area (Å²) < 4.78 is 0. The maximum Gasteiger partial charge on any atom is 0.0412 e. The number of rotatable bonds is 7. The largest absolute Gasteiger partial charge is 0.374 e. The van der Waals surface area contributed by atoms with Gasteiger partial charge in [-0.3, -0.25) is 0 Å². The van der Waals surface area contributed by atoms with Gasteiger partial charge in [-0.2, -0.15) is 0 Å². The molecule has 1 aromatic rings. The van der Waals surface area contributed by atoms with Gasteiger partial charge in [0.1, 0.15) is 0 Å². The zero-order valence-electron chi connectivity index (χ0n) is 11.7. The summed E-state index contributed by atoms with van der Waals surface area (Å²) in [4.78, 5) is 2.37. The number of hydrogen-bond donors (Lipinski definition) is 1. The molecule has 1 N–H and O–H groups in total. The Morgan fingerprint density at radius 2 is 1.94 bits per heavy atom. The number of unbranched alkanes of at least 4 members (excludes halogenated alkanes) is 1. The molecule has 1 rings (SSSR count). The molecule has 0 amide bonds. The Bertz CT molecular complexity index is 318. The Hall–Kier alpha value is -1.02. The second kappa shape index (κ2) is 7.33. The molecule has 0 saturated heterocycles. The third-order valence-electron chi connectivity index (χ3n) is 3.33. The minimum Gasteiger partial charge on any atom is -0.374 e. The highest BCUT2D eigenvalue weighted by Gasteiger charge is 2.13. The van der Waals surface area contributed by atoms with Gasteiger partial charge in [0, 0.05) is 25.3 Å². The van der Waals surface area contributed by atoms with Crippen LogP contribution in [0.3, 0.4) is 0 Å². The van der Waals surface area contributed by atoms with Gasteiger partial charge in [0.2, 0.25) is 0 Å². The zero-order chi connectivity index (χ0) is 12.7. The molecular formula is C15H26N2. The minimum absolute atomic E-state index is 0.454. The number of nitrogens with zero attached hydrogens (tertiary/aromatic N) is 1. The van der Waals surface area contributed by atoms with Crippen molar-refractivity contribution in [2.75, 3.05) is 25.5 Å². The molecule has 0 aliphatic heterocycles. The first-order valence-electron chi connectivity index (χ1n) is 6.71. The first-order valence-corrected chi connectivity index (χ1v) is 6.71. The summed E-state index contributed by atoms with van der Waals surface area (Å²) in [6.07, 6.45) is 3.62. The summed E-state index contributed by atoms with van der Waals surface area (Å²) in [5.41, 5.74) is 2.78. The van der Waals surface area contributed by atoms with Crippen molar-refractivity contribution in [2.24, 2.45) is 0 Å². The van der Waals surface area contributed by atoms with Crippen LogP contribution in [-0.4, -0.2) is 20.6 Å². The second-order valence-electron chi connectivity index (χ2n) is 4.58. The van der Waals surface area contributed by atoms with Crippen molar-refractivity contribution in [1.82, 2.24) is 5.32 Å². The van der Waals surface area contributed by atoms with Crippen LogP contribution in [0.25, 0.3) is 0 Å². The number of anilines is 1. The number of nitrogens with one attached hydrogen (secondary N) is 1. The quantitative estimate of drug-likeness (QED) is 0.775. The minimum atomic E-state index is 0.454. The fraction of sp³-hybridized carbons (Fsp3) is 0.600. The SMILES string of the molecule is CCCCN(C)c1ccccc1C(CC)NC. The lowest BCUT2D eigenvalue weighted by Crippen LogP contribution is -2.23. The summed E-state index contributed by atoms with van der Waals surface area (Å²) in [5, 5.41) is 3.39. The average Bonchev–Trinajstić information content (AvgIpc) is 2.38. The van der Waals surface area contributed by atoms with Gasteiger partial charge in [-0.15, -0.1) is 0 Å². The summed E-state index contributed by atoms with van der Waals surface area (Å²) >= 11 is 0. The van der Waals surface area contributed by atoms with Gasteiger partial charge in [0.25, 0.3) is 0 Å². The van der Waals surface area contributed by atoms with Crippen LogP contribution in [0, 0.1) is 0 Å². The van der Waals surface area contributed by atoms with E-state index in [0.717, 1.165) is 13.0 Å². The predicted octanol–water partition coefficient (Wildman–Crippen LogP) is 3.59. The monoisotopic (exact) mass is 234 g/mol. The summed E-state index contributed by atoms with van der Waals surface area (Å²) in [5.74, 6) is 0. The number of para-hydroxylation sites is 1. The van der Waals surface area contributed by atoms with Crippen LogP contribution in [0.5, 0.6) is 0 Å². The van der Waals surface area contributed by atoms with Crippen LogP contribution in [-0.2, 0) is 0 Å². The van der Waals surface area contributed by atoms with Crippen LogP contribution < -0.4 is 10.2 Å². The van der Waals surface area contributed by atoms with Crippen molar-refractivity contribution in [3.63, 3.8) is 0 Å². The van der Waals surface area contributed by atoms with E-state index in [4.69, 9.17) is 0 Å². The van der Waals surface area contributed by atoms with E-state index < -0.39 is 0 Å². The molecule has 0 radical (unpaired) electrons. The summed E-state index contributed by atoms with van der Waals surface area (Å²) in [6.45, 7) is 5.60. The molecule has 0 bridgehead atoms. The molecule has 1 aromatic carbocycles. The fourth-order valence-electron chi connectivity index (χ4n) is 2.23. The van der Waals surface area contributed by atoms with Crippen molar-refractivity contribution in [3.8, 4) is 0 Å². The van der Waals surface area contributed by atoms with E-state index in [-0.39, 0.29) is 0 Å². The van der Waals surface area contributed by atoms with Crippen molar-refractivity contribution >= 4 is 5.69 Å². The molecule has 1 unspecified atom stereocenters. The summed E-state index contributed by atoms with van der Waals surface area (Å²) in [7, 11) is 4.23. The molecule has 1 atom stereocenters. The van der Waals surface area contributed by atoms with E-state index in [9.17, 15) is 0 Å². The van der Waals surface area contributed by atoms with E-state index in [1.54, 1.807) is 0 Å². The third kappa shape index (κ3) is 3.74. The first kappa shape index (κ1) is 14.0. The van der Waals surface area contributed by atoms with E-state index in [1.165, 1.54) is 24.1 Å². The standard InChI is InChI=1S/C15H26N2/c1-5-7-12-17(4)15-11-9-8-10-13(15)14(6-2)16-3/h8-11,14,16H,5-7,12H2,1-4H3. The van der Waals surface area contributed by atoms with E-state index in [2.05, 4.69) is 55.4 Å². The second-order valence-corrected chi connectivity index (χ2v) is 4.58. The van der Waals surface area contributed by atoms with Gasteiger partial charge in [-0.25, -0.2) is 0 Å². The topological polar surface area (TPSA) is 15.3 Å². The lowest BCUT2D eigenvalue weighted by atomic mass is 10.0. The van der Waals surface area contributed by atoms with Crippen LogP contribution in [0.2, 0.25) is 0 Å². The third-order valence-corrected chi connectivity index (χ3v) is 3.33. The van der Waals surface area contributed by atoms with Gasteiger partial charge in [0.15, 0.2) is 0 Å². The van der Waals surface area contributed by atoms with Gasteiger partial charge in [-0.05, 0) is 31.5 Å². The predicted molar refractivity (Wildman–Crippen MR) is 76.7 cm³/mol. The van der Waals surface area contributed by atoms with Gasteiger partial charge >= 0.3 is 0 Å². The molecular weight excluding hydrogens is 208 g/mol. The molecule has 17 heavy (non-hydrogen) atoms. The molecule has 96 valence electrons. The normalized spacial score (nSPS) is 12.5. The Morgan fingerprint density at radius 1 is 1.24 bits per heavy atom. The molecule has 0 aliphatic carbocycles. The highest BCUT2D eigenvalue weighted by atomic mass is 15.1. The molecule has 2 heteroatoms. The molecule has 0 spiro atoms. The lowest BCUT2D eigenvalue weighted by Gasteiger charge is -2.26. The van der Waals surface area contributed by atoms with Crippen molar-refractivity contribution < 1.29 is 0 Å². The van der Waals surface area contributed by atoms with Gasteiger partial charge in [-0.1, -0.05) is 38.5 Å². The number of benzene rings is 1. The van der Waals surface area contributed by atoms with Gasteiger partial charge in [0.05, 0.1) is 0 Å². The summed E-state index contributed by atoms with van der Waals surface area (Å²) in [6, 6.07) is 9.18. The molecule has 0 aromatic heterocycles. The van der Waals surface area contributed by atoms with Crippen LogP contribution in [0.15, 0.2) is 24.3 Å². The molecule has 2 nitrogen and oxygen atoms in total. The molecule has 0 aliphatic rings. The Balaban J connectivity index is 2.90. The zero-order valence-corrected chi connectivity index (χ0v) is 11.7. The Morgan fingerprint density at radius 3 is 2.53 bits per heavy atom. The maximum absolute atomic E-state index is 3.39. The van der Waals surface area contributed by atoms with Crippen LogP contribution in [0.4, 0.5) is 5.69 Å². The maximum atomic E-state index is 3.39. The lowest BCUT2D eigenvalue weighted by molar-refractivity contribution is 0.575. The fourth-order valence-corrected chi connectivity index (χ4v) is 2.23. The molecule has 0 heterocycles. The van der Waals surface area contributed by atoms with E-state index >= 15 is 0 Å². The van der Waals surface area contributed by atoms with Crippen molar-refractivity contribution in [1.29, 1.82) is 0 Å². The average molecular weight is 234 g/mol. The Labute approximate surface area is 106 Å². The highest BCUT2D eigenvalue weighted by Crippen LogP contribution is 2.27. The van der Waals surface area contributed by atoms with E-state index in [1.807, 2.05) is 7.05 Å². The van der Waals surface area contributed by atoms with Crippen LogP contribution in [0.1, 0.15) is 44.7 Å². The number of hydrogen-bond acceptors (Lipinski definition) is 2. The van der Waals surface area contributed by atoms with Crippen molar-refractivity contribution in [3.05, 3.63) is 29.8 Å².